The summed E-state index contributed by atoms with van der Waals surface area (Å²) in [4.78, 5) is 14.2. The van der Waals surface area contributed by atoms with Gasteiger partial charge in [0.1, 0.15) is 5.75 Å². The molecule has 7 heteroatoms. The highest BCUT2D eigenvalue weighted by Gasteiger charge is 2.22. The molecule has 0 unspecified atom stereocenters. The van der Waals surface area contributed by atoms with Gasteiger partial charge in [0.2, 0.25) is 0 Å². The van der Waals surface area contributed by atoms with Crippen LogP contribution in [0, 0.1) is 34.6 Å². The second kappa shape index (κ2) is 7.88. The number of carbonyl (C=O) groups is 1. The van der Waals surface area contributed by atoms with E-state index >= 15 is 0 Å². The summed E-state index contributed by atoms with van der Waals surface area (Å²) >= 11 is 0. The minimum atomic E-state index is -3.89. The summed E-state index contributed by atoms with van der Waals surface area (Å²) in [6.45, 7) is 8.86. The van der Waals surface area contributed by atoms with E-state index in [1.54, 1.807) is 26.0 Å². The first-order valence-corrected chi connectivity index (χ1v) is 9.67. The smallest absolute Gasteiger partial charge is 0.272 e. The number of sulfonamides is 1. The fraction of sp³-hybridized carbons (Fsp3) is 0.316. The first kappa shape index (κ1) is 19.9. The average molecular weight is 376 g/mol. The van der Waals surface area contributed by atoms with E-state index in [0.29, 0.717) is 16.9 Å². The Hall–Kier alpha value is -2.38. The fourth-order valence-corrected chi connectivity index (χ4v) is 4.06. The molecule has 0 saturated heterocycles. The van der Waals surface area contributed by atoms with Crippen LogP contribution in [0.25, 0.3) is 0 Å². The molecule has 2 rings (SSSR count). The van der Waals surface area contributed by atoms with Gasteiger partial charge in [-0.3, -0.25) is 10.2 Å². The van der Waals surface area contributed by atoms with Gasteiger partial charge in [0.25, 0.3) is 15.9 Å². The molecule has 0 aliphatic heterocycles. The molecule has 0 spiro atoms. The first-order chi connectivity index (χ1) is 12.1. The Morgan fingerprint density at radius 2 is 1.50 bits per heavy atom. The van der Waals surface area contributed by atoms with Gasteiger partial charge in [-0.2, -0.15) is 0 Å². The molecule has 0 atom stereocenters. The second-order valence-corrected chi connectivity index (χ2v) is 7.96. The summed E-state index contributed by atoms with van der Waals surface area (Å²) < 4.78 is 30.6. The van der Waals surface area contributed by atoms with Crippen molar-refractivity contribution in [3.05, 3.63) is 58.1 Å². The van der Waals surface area contributed by atoms with Gasteiger partial charge in [-0.15, -0.1) is 4.83 Å². The summed E-state index contributed by atoms with van der Waals surface area (Å²) in [6, 6.07) is 9.16. The lowest BCUT2D eigenvalue weighted by molar-refractivity contribution is -0.123. The first-order valence-electron chi connectivity index (χ1n) is 8.19. The number of hydrazine groups is 1. The monoisotopic (exact) mass is 376 g/mol. The van der Waals surface area contributed by atoms with Crippen LogP contribution in [0.2, 0.25) is 0 Å². The van der Waals surface area contributed by atoms with Gasteiger partial charge in [-0.25, -0.2) is 8.42 Å². The Morgan fingerprint density at radius 3 is 2.04 bits per heavy atom. The van der Waals surface area contributed by atoms with Gasteiger partial charge in [-0.05, 0) is 69.0 Å². The topological polar surface area (TPSA) is 84.5 Å². The molecule has 0 heterocycles. The number of aryl methyl sites for hydroxylation is 3. The number of amides is 1. The van der Waals surface area contributed by atoms with Gasteiger partial charge >= 0.3 is 0 Å². The number of carbonyl (C=O) groups excluding carboxylic acids is 1. The largest absolute Gasteiger partial charge is 0.484 e. The maximum atomic E-state index is 12.6. The number of rotatable bonds is 6. The third-order valence-electron chi connectivity index (χ3n) is 4.28. The molecule has 1 amide bonds. The van der Waals surface area contributed by atoms with E-state index in [1.165, 1.54) is 0 Å². The molecule has 0 saturated carbocycles. The fourth-order valence-electron chi connectivity index (χ4n) is 2.58. The molecule has 2 aromatic rings. The summed E-state index contributed by atoms with van der Waals surface area (Å²) in [7, 11) is -3.89. The Bertz CT molecular complexity index is 893. The summed E-state index contributed by atoms with van der Waals surface area (Å²) in [6.07, 6.45) is 0. The maximum Gasteiger partial charge on any atom is 0.272 e. The van der Waals surface area contributed by atoms with Crippen LogP contribution < -0.4 is 15.0 Å². The Morgan fingerprint density at radius 1 is 0.962 bits per heavy atom. The lowest BCUT2D eigenvalue weighted by Crippen LogP contribution is -2.44. The van der Waals surface area contributed by atoms with Crippen molar-refractivity contribution in [3.8, 4) is 5.75 Å². The van der Waals surface area contributed by atoms with Crippen LogP contribution >= 0.6 is 0 Å². The normalized spacial score (nSPS) is 11.3. The van der Waals surface area contributed by atoms with E-state index in [-0.39, 0.29) is 11.5 Å². The van der Waals surface area contributed by atoms with Crippen molar-refractivity contribution < 1.29 is 17.9 Å². The molecule has 0 aromatic heterocycles. The Balaban J connectivity index is 2.04. The van der Waals surface area contributed by atoms with Crippen LogP contribution in [0.4, 0.5) is 0 Å². The molecular weight excluding hydrogens is 352 g/mol. The summed E-state index contributed by atoms with van der Waals surface area (Å²) in [5.41, 5.74) is 6.34. The predicted molar refractivity (Wildman–Crippen MR) is 101 cm³/mol. The molecule has 2 N–H and O–H groups in total. The number of nitrogens with one attached hydrogen (secondary N) is 2. The maximum absolute atomic E-state index is 12.6. The zero-order chi connectivity index (χ0) is 19.5. The molecule has 140 valence electrons. The van der Waals surface area contributed by atoms with Crippen LogP contribution in [0.1, 0.15) is 27.8 Å². The van der Waals surface area contributed by atoms with Gasteiger partial charge < -0.3 is 4.74 Å². The van der Waals surface area contributed by atoms with Gasteiger partial charge in [-0.1, -0.05) is 23.8 Å². The molecule has 2 aromatic carbocycles. The van der Waals surface area contributed by atoms with Gasteiger partial charge in [0.05, 0.1) is 4.90 Å². The molecule has 0 aliphatic rings. The van der Waals surface area contributed by atoms with E-state index in [1.807, 2.05) is 39.0 Å². The van der Waals surface area contributed by atoms with E-state index in [4.69, 9.17) is 4.74 Å². The molecular formula is C19H24N2O4S. The minimum absolute atomic E-state index is 0.190. The van der Waals surface area contributed by atoms with Crippen molar-refractivity contribution >= 4 is 15.9 Å². The molecule has 6 nitrogen and oxygen atoms in total. The third kappa shape index (κ3) is 4.62. The summed E-state index contributed by atoms with van der Waals surface area (Å²) in [5, 5.41) is 0. The van der Waals surface area contributed by atoms with E-state index in [2.05, 4.69) is 10.3 Å². The van der Waals surface area contributed by atoms with Crippen molar-refractivity contribution in [1.82, 2.24) is 10.3 Å². The standard InChI is InChI=1S/C19H24N2O4S/c1-12-6-8-17(9-7-12)25-11-18(22)20-21-26(23,24)19-15(4)13(2)10-14(3)16(19)5/h6-10,21H,11H2,1-5H3,(H,20,22). The quantitative estimate of drug-likeness (QED) is 0.759. The Labute approximate surface area is 154 Å². The van der Waals surface area contributed by atoms with E-state index < -0.39 is 15.9 Å². The van der Waals surface area contributed by atoms with Crippen molar-refractivity contribution in [2.75, 3.05) is 6.61 Å². The number of hydrogen-bond donors (Lipinski definition) is 2. The van der Waals surface area contributed by atoms with Crippen molar-refractivity contribution in [2.24, 2.45) is 0 Å². The van der Waals surface area contributed by atoms with E-state index in [9.17, 15) is 13.2 Å². The SMILES string of the molecule is Cc1ccc(OCC(=O)NNS(=O)(=O)c2c(C)c(C)cc(C)c2C)cc1. The number of benzene rings is 2. The lowest BCUT2D eigenvalue weighted by Gasteiger charge is -2.16. The molecule has 0 radical (unpaired) electrons. The summed E-state index contributed by atoms with van der Waals surface area (Å²) in [5.74, 6) is -0.0524. The molecule has 26 heavy (non-hydrogen) atoms. The third-order valence-corrected chi connectivity index (χ3v) is 5.80. The molecule has 0 fully saturated rings. The van der Waals surface area contributed by atoms with Gasteiger partial charge in [0.15, 0.2) is 6.61 Å². The lowest BCUT2D eigenvalue weighted by atomic mass is 10.0. The number of ether oxygens (including phenoxy) is 1. The van der Waals surface area contributed by atoms with Gasteiger partial charge in [0, 0.05) is 0 Å². The Kier molecular flexibility index (Phi) is 6.05. The van der Waals surface area contributed by atoms with Crippen molar-refractivity contribution in [2.45, 2.75) is 39.5 Å². The zero-order valence-electron chi connectivity index (χ0n) is 15.6. The van der Waals surface area contributed by atoms with Crippen LogP contribution in [0.3, 0.4) is 0 Å². The van der Waals surface area contributed by atoms with Crippen LogP contribution in [0.15, 0.2) is 35.2 Å². The van der Waals surface area contributed by atoms with E-state index in [0.717, 1.165) is 16.7 Å². The average Bonchev–Trinajstić information content (AvgIpc) is 2.58. The molecule has 0 aliphatic carbocycles. The minimum Gasteiger partial charge on any atom is -0.484 e. The van der Waals surface area contributed by atoms with Crippen LogP contribution in [-0.4, -0.2) is 20.9 Å². The van der Waals surface area contributed by atoms with Crippen molar-refractivity contribution in [3.63, 3.8) is 0 Å². The highest BCUT2D eigenvalue weighted by atomic mass is 32.2. The highest BCUT2D eigenvalue weighted by Crippen LogP contribution is 2.25. The molecule has 0 bridgehead atoms. The highest BCUT2D eigenvalue weighted by molar-refractivity contribution is 7.89. The van der Waals surface area contributed by atoms with Crippen molar-refractivity contribution in [1.29, 1.82) is 0 Å². The predicted octanol–water partition coefficient (Wildman–Crippen LogP) is 2.62. The zero-order valence-corrected chi connectivity index (χ0v) is 16.5. The number of hydrogen-bond acceptors (Lipinski definition) is 4. The van der Waals surface area contributed by atoms with Crippen LogP contribution in [0.5, 0.6) is 5.75 Å². The second-order valence-electron chi connectivity index (χ2n) is 6.34. The van der Waals surface area contributed by atoms with Crippen LogP contribution in [-0.2, 0) is 14.8 Å².